The van der Waals surface area contributed by atoms with Crippen LogP contribution in [0.3, 0.4) is 0 Å². The molecular formula is C11H25NOS. The van der Waals surface area contributed by atoms with E-state index in [1.807, 2.05) is 11.8 Å². The van der Waals surface area contributed by atoms with Crippen molar-refractivity contribution in [2.75, 3.05) is 24.7 Å². The lowest BCUT2D eigenvalue weighted by atomic mass is 9.97. The van der Waals surface area contributed by atoms with Crippen molar-refractivity contribution in [2.24, 2.45) is 0 Å². The van der Waals surface area contributed by atoms with Crippen molar-refractivity contribution in [3.05, 3.63) is 0 Å². The summed E-state index contributed by atoms with van der Waals surface area (Å²) in [6.07, 6.45) is 3.36. The Hall–Kier alpha value is 0.270. The molecule has 0 aliphatic carbocycles. The Balaban J connectivity index is 3.51. The van der Waals surface area contributed by atoms with Gasteiger partial charge in [0.15, 0.2) is 0 Å². The molecule has 0 rings (SSSR count). The molecule has 0 saturated carbocycles. The first-order chi connectivity index (χ1) is 6.68. The zero-order valence-corrected chi connectivity index (χ0v) is 10.6. The lowest BCUT2D eigenvalue weighted by Gasteiger charge is -2.28. The zero-order valence-electron chi connectivity index (χ0n) is 9.81. The van der Waals surface area contributed by atoms with Crippen LogP contribution in [-0.4, -0.2) is 35.3 Å². The minimum Gasteiger partial charge on any atom is -0.394 e. The van der Waals surface area contributed by atoms with Crippen LogP contribution < -0.4 is 5.32 Å². The zero-order chi connectivity index (χ0) is 10.9. The van der Waals surface area contributed by atoms with Crippen molar-refractivity contribution in [3.63, 3.8) is 0 Å². The third-order valence-electron chi connectivity index (χ3n) is 2.37. The second-order valence-electron chi connectivity index (χ2n) is 3.95. The number of nitrogens with one attached hydrogen (secondary N) is 1. The van der Waals surface area contributed by atoms with Crippen LogP contribution in [0.4, 0.5) is 0 Å². The van der Waals surface area contributed by atoms with Crippen LogP contribution in [0, 0.1) is 0 Å². The summed E-state index contributed by atoms with van der Waals surface area (Å²) in [6, 6.07) is 0. The van der Waals surface area contributed by atoms with E-state index in [2.05, 4.69) is 26.1 Å². The minimum atomic E-state index is -0.0639. The predicted molar refractivity (Wildman–Crippen MR) is 66.0 cm³/mol. The van der Waals surface area contributed by atoms with E-state index in [4.69, 9.17) is 0 Å². The van der Waals surface area contributed by atoms with E-state index >= 15 is 0 Å². The SMILES string of the molecule is CCCC(C)(CO)NCCCSCC. The van der Waals surface area contributed by atoms with Crippen LogP contribution in [-0.2, 0) is 0 Å². The maximum Gasteiger partial charge on any atom is 0.0610 e. The molecule has 0 radical (unpaired) electrons. The summed E-state index contributed by atoms with van der Waals surface area (Å²) in [7, 11) is 0. The van der Waals surface area contributed by atoms with E-state index < -0.39 is 0 Å². The van der Waals surface area contributed by atoms with E-state index in [0.29, 0.717) is 0 Å². The van der Waals surface area contributed by atoms with Crippen molar-refractivity contribution in [3.8, 4) is 0 Å². The van der Waals surface area contributed by atoms with Gasteiger partial charge in [-0.25, -0.2) is 0 Å². The Bertz CT molecular complexity index is 132. The summed E-state index contributed by atoms with van der Waals surface area (Å²) >= 11 is 1.98. The maximum atomic E-state index is 9.25. The van der Waals surface area contributed by atoms with Crippen molar-refractivity contribution < 1.29 is 5.11 Å². The summed E-state index contributed by atoms with van der Waals surface area (Å²) in [5.74, 6) is 2.42. The molecule has 2 N–H and O–H groups in total. The fourth-order valence-corrected chi connectivity index (χ4v) is 2.12. The van der Waals surface area contributed by atoms with E-state index in [1.54, 1.807) is 0 Å². The van der Waals surface area contributed by atoms with Gasteiger partial charge in [0.05, 0.1) is 6.61 Å². The standard InChI is InChI=1S/C11H25NOS/c1-4-7-11(3,10-13)12-8-6-9-14-5-2/h12-13H,4-10H2,1-3H3. The van der Waals surface area contributed by atoms with Gasteiger partial charge in [0, 0.05) is 5.54 Å². The van der Waals surface area contributed by atoms with Gasteiger partial charge in [-0.2, -0.15) is 11.8 Å². The third kappa shape index (κ3) is 6.68. The minimum absolute atomic E-state index is 0.0639. The lowest BCUT2D eigenvalue weighted by molar-refractivity contribution is 0.165. The Kier molecular flexibility index (Phi) is 8.73. The molecule has 0 aromatic rings. The number of hydrogen-bond acceptors (Lipinski definition) is 3. The first kappa shape index (κ1) is 14.3. The Morgan fingerprint density at radius 3 is 2.57 bits per heavy atom. The van der Waals surface area contributed by atoms with Gasteiger partial charge in [-0.05, 0) is 37.8 Å². The maximum absolute atomic E-state index is 9.25. The van der Waals surface area contributed by atoms with Crippen LogP contribution in [0.2, 0.25) is 0 Å². The van der Waals surface area contributed by atoms with Gasteiger partial charge in [-0.1, -0.05) is 20.3 Å². The molecule has 0 aromatic heterocycles. The van der Waals surface area contributed by atoms with Gasteiger partial charge < -0.3 is 10.4 Å². The molecule has 0 aliphatic heterocycles. The fourth-order valence-electron chi connectivity index (χ4n) is 1.48. The molecule has 0 aromatic carbocycles. The highest BCUT2D eigenvalue weighted by Crippen LogP contribution is 2.11. The second kappa shape index (κ2) is 8.57. The molecule has 1 unspecified atom stereocenters. The monoisotopic (exact) mass is 219 g/mol. The van der Waals surface area contributed by atoms with Crippen LogP contribution in [0.1, 0.15) is 40.0 Å². The van der Waals surface area contributed by atoms with Crippen LogP contribution in [0.5, 0.6) is 0 Å². The Morgan fingerprint density at radius 1 is 1.36 bits per heavy atom. The first-order valence-corrected chi connectivity index (χ1v) is 6.77. The summed E-state index contributed by atoms with van der Waals surface area (Å²) in [4.78, 5) is 0. The topological polar surface area (TPSA) is 32.3 Å². The molecule has 0 spiro atoms. The molecule has 86 valence electrons. The summed E-state index contributed by atoms with van der Waals surface area (Å²) in [5, 5.41) is 12.7. The lowest BCUT2D eigenvalue weighted by Crippen LogP contribution is -2.46. The van der Waals surface area contributed by atoms with E-state index in [0.717, 1.165) is 19.4 Å². The van der Waals surface area contributed by atoms with Gasteiger partial charge in [-0.3, -0.25) is 0 Å². The Morgan fingerprint density at radius 2 is 2.07 bits per heavy atom. The van der Waals surface area contributed by atoms with Crippen molar-refractivity contribution in [2.45, 2.75) is 45.6 Å². The van der Waals surface area contributed by atoms with Gasteiger partial charge in [0.25, 0.3) is 0 Å². The highest BCUT2D eigenvalue weighted by molar-refractivity contribution is 7.99. The van der Waals surface area contributed by atoms with Crippen LogP contribution in [0.25, 0.3) is 0 Å². The van der Waals surface area contributed by atoms with Crippen molar-refractivity contribution >= 4 is 11.8 Å². The van der Waals surface area contributed by atoms with Gasteiger partial charge in [0.2, 0.25) is 0 Å². The predicted octanol–water partition coefficient (Wildman–Crippen LogP) is 2.27. The fraction of sp³-hybridized carbons (Fsp3) is 1.00. The largest absolute Gasteiger partial charge is 0.394 e. The molecule has 0 saturated heterocycles. The quantitative estimate of drug-likeness (QED) is 0.584. The molecule has 0 amide bonds. The second-order valence-corrected chi connectivity index (χ2v) is 5.34. The molecular weight excluding hydrogens is 194 g/mol. The number of aliphatic hydroxyl groups excluding tert-OH is 1. The number of aliphatic hydroxyl groups is 1. The molecule has 0 aliphatic rings. The number of hydrogen-bond donors (Lipinski definition) is 2. The molecule has 3 heteroatoms. The summed E-state index contributed by atoms with van der Waals surface area (Å²) in [6.45, 7) is 7.70. The summed E-state index contributed by atoms with van der Waals surface area (Å²) < 4.78 is 0. The first-order valence-electron chi connectivity index (χ1n) is 5.62. The number of rotatable bonds is 9. The molecule has 0 fully saturated rings. The smallest absolute Gasteiger partial charge is 0.0610 e. The van der Waals surface area contributed by atoms with Crippen LogP contribution in [0.15, 0.2) is 0 Å². The van der Waals surface area contributed by atoms with Crippen LogP contribution >= 0.6 is 11.8 Å². The normalized spacial score (nSPS) is 15.4. The molecule has 2 nitrogen and oxygen atoms in total. The van der Waals surface area contributed by atoms with Gasteiger partial charge in [0.1, 0.15) is 0 Å². The van der Waals surface area contributed by atoms with Gasteiger partial charge >= 0.3 is 0 Å². The highest BCUT2D eigenvalue weighted by atomic mass is 32.2. The Labute approximate surface area is 92.9 Å². The third-order valence-corrected chi connectivity index (χ3v) is 3.36. The average molecular weight is 219 g/mol. The molecule has 1 atom stereocenters. The van der Waals surface area contributed by atoms with E-state index in [9.17, 15) is 5.11 Å². The molecule has 0 bridgehead atoms. The molecule has 14 heavy (non-hydrogen) atoms. The summed E-state index contributed by atoms with van der Waals surface area (Å²) in [5.41, 5.74) is -0.0639. The highest BCUT2D eigenvalue weighted by Gasteiger charge is 2.20. The molecule has 0 heterocycles. The number of thioether (sulfide) groups is 1. The van der Waals surface area contributed by atoms with E-state index in [-0.39, 0.29) is 12.1 Å². The van der Waals surface area contributed by atoms with Crippen molar-refractivity contribution in [1.29, 1.82) is 0 Å². The van der Waals surface area contributed by atoms with Crippen molar-refractivity contribution in [1.82, 2.24) is 5.32 Å². The van der Waals surface area contributed by atoms with Gasteiger partial charge in [-0.15, -0.1) is 0 Å². The average Bonchev–Trinajstić information content (AvgIpc) is 2.18. The van der Waals surface area contributed by atoms with E-state index in [1.165, 1.54) is 17.9 Å².